The molecule has 0 spiro atoms. The minimum absolute atomic E-state index is 0.499. The molecule has 0 radical (unpaired) electrons. The molecule has 3 aromatic rings. The highest BCUT2D eigenvalue weighted by molar-refractivity contribution is 9.10. The quantitative estimate of drug-likeness (QED) is 0.729. The fourth-order valence-corrected chi connectivity index (χ4v) is 3.15. The van der Waals surface area contributed by atoms with Gasteiger partial charge >= 0.3 is 0 Å². The van der Waals surface area contributed by atoms with Gasteiger partial charge in [0.2, 0.25) is 5.95 Å². The van der Waals surface area contributed by atoms with E-state index in [1.54, 1.807) is 6.20 Å². The third-order valence-electron chi connectivity index (χ3n) is 4.12. The largest absolute Gasteiger partial charge is 0.324 e. The third kappa shape index (κ3) is 2.85. The highest BCUT2D eigenvalue weighted by Crippen LogP contribution is 2.33. The maximum absolute atomic E-state index is 4.63. The molecule has 4 rings (SSSR count). The van der Waals surface area contributed by atoms with Crippen LogP contribution in [0.15, 0.2) is 53.1 Å². The van der Waals surface area contributed by atoms with Gasteiger partial charge in [-0.05, 0) is 48.7 Å². The first-order valence-electron chi connectivity index (χ1n) is 7.79. The molecule has 0 bridgehead atoms. The van der Waals surface area contributed by atoms with E-state index in [1.165, 1.54) is 11.3 Å². The number of para-hydroxylation sites is 1. The Labute approximate surface area is 148 Å². The number of rotatable bonds is 3. The van der Waals surface area contributed by atoms with E-state index >= 15 is 0 Å². The lowest BCUT2D eigenvalue weighted by atomic mass is 10.2. The highest BCUT2D eigenvalue weighted by atomic mass is 79.9. The number of aromatic nitrogens is 3. The Morgan fingerprint density at radius 3 is 2.92 bits per heavy atom. The Balaban J connectivity index is 1.61. The lowest BCUT2D eigenvalue weighted by Gasteiger charge is -2.18. The zero-order valence-electron chi connectivity index (χ0n) is 13.2. The molecule has 6 heteroatoms. The summed E-state index contributed by atoms with van der Waals surface area (Å²) in [5.74, 6) is 1.31. The van der Waals surface area contributed by atoms with Gasteiger partial charge in [0.05, 0.1) is 6.20 Å². The number of halogens is 1. The van der Waals surface area contributed by atoms with Crippen molar-refractivity contribution < 1.29 is 0 Å². The summed E-state index contributed by atoms with van der Waals surface area (Å²) in [7, 11) is 0. The highest BCUT2D eigenvalue weighted by Gasteiger charge is 2.21. The predicted molar refractivity (Wildman–Crippen MR) is 99.1 cm³/mol. The lowest BCUT2D eigenvalue weighted by molar-refractivity contribution is 0.920. The van der Waals surface area contributed by atoms with Crippen LogP contribution in [0.4, 0.5) is 23.1 Å². The van der Waals surface area contributed by atoms with E-state index < -0.39 is 0 Å². The molecular weight excluding hydrogens is 366 g/mol. The van der Waals surface area contributed by atoms with Crippen molar-refractivity contribution in [1.82, 2.24) is 15.2 Å². The van der Waals surface area contributed by atoms with Crippen LogP contribution in [0.1, 0.15) is 11.1 Å². The number of hydrogen-bond donors (Lipinski definition) is 1. The SMILES string of the molecule is Cc1cc(Nc2nncc(N3CCc4ccccc43)n2)ccc1Br. The van der Waals surface area contributed by atoms with Crippen LogP contribution in [0.2, 0.25) is 0 Å². The van der Waals surface area contributed by atoms with Gasteiger partial charge < -0.3 is 10.2 Å². The van der Waals surface area contributed by atoms with Crippen molar-refractivity contribution in [3.05, 3.63) is 64.3 Å². The molecule has 0 unspecified atom stereocenters. The van der Waals surface area contributed by atoms with Crippen molar-refractivity contribution in [3.8, 4) is 0 Å². The normalized spacial score (nSPS) is 13.0. The average Bonchev–Trinajstić information content (AvgIpc) is 3.03. The first kappa shape index (κ1) is 15.1. The van der Waals surface area contributed by atoms with Gasteiger partial charge in [-0.1, -0.05) is 34.1 Å². The monoisotopic (exact) mass is 381 g/mol. The van der Waals surface area contributed by atoms with Crippen LogP contribution >= 0.6 is 15.9 Å². The molecule has 24 heavy (non-hydrogen) atoms. The molecule has 1 aliphatic heterocycles. The summed E-state index contributed by atoms with van der Waals surface area (Å²) in [5, 5.41) is 11.4. The van der Waals surface area contributed by atoms with E-state index in [2.05, 4.69) is 65.6 Å². The van der Waals surface area contributed by atoms with Gasteiger partial charge in [-0.25, -0.2) is 0 Å². The minimum atomic E-state index is 0.499. The Hall–Kier alpha value is -2.47. The lowest BCUT2D eigenvalue weighted by Crippen LogP contribution is -2.16. The molecule has 1 N–H and O–H groups in total. The number of aryl methyl sites for hydroxylation is 1. The number of hydrogen-bond acceptors (Lipinski definition) is 5. The molecule has 2 heterocycles. The molecule has 2 aromatic carbocycles. The Bertz CT molecular complexity index is 896. The van der Waals surface area contributed by atoms with E-state index in [1.807, 2.05) is 25.1 Å². The van der Waals surface area contributed by atoms with Gasteiger partial charge in [-0.15, -0.1) is 5.10 Å². The number of anilines is 4. The number of fused-ring (bicyclic) bond motifs is 1. The van der Waals surface area contributed by atoms with Crippen LogP contribution in [0, 0.1) is 6.92 Å². The number of nitrogens with one attached hydrogen (secondary N) is 1. The molecule has 0 atom stereocenters. The van der Waals surface area contributed by atoms with E-state index in [-0.39, 0.29) is 0 Å². The summed E-state index contributed by atoms with van der Waals surface area (Å²) in [6.07, 6.45) is 2.73. The summed E-state index contributed by atoms with van der Waals surface area (Å²) in [5.41, 5.74) is 4.63. The van der Waals surface area contributed by atoms with E-state index in [0.717, 1.165) is 34.5 Å². The molecule has 1 aliphatic rings. The fraction of sp³-hybridized carbons (Fsp3) is 0.167. The van der Waals surface area contributed by atoms with Crippen LogP contribution in [0.5, 0.6) is 0 Å². The van der Waals surface area contributed by atoms with Crippen molar-refractivity contribution in [2.75, 3.05) is 16.8 Å². The van der Waals surface area contributed by atoms with Crippen LogP contribution in [-0.2, 0) is 6.42 Å². The average molecular weight is 382 g/mol. The van der Waals surface area contributed by atoms with Crippen molar-refractivity contribution >= 4 is 39.1 Å². The molecule has 0 saturated heterocycles. The molecule has 0 fully saturated rings. The number of nitrogens with zero attached hydrogens (tertiary/aromatic N) is 4. The molecule has 1 aromatic heterocycles. The number of benzene rings is 2. The van der Waals surface area contributed by atoms with Crippen LogP contribution < -0.4 is 10.2 Å². The molecule has 0 aliphatic carbocycles. The van der Waals surface area contributed by atoms with Crippen LogP contribution in [0.25, 0.3) is 0 Å². The Morgan fingerprint density at radius 2 is 2.04 bits per heavy atom. The van der Waals surface area contributed by atoms with Gasteiger partial charge in [-0.2, -0.15) is 10.1 Å². The zero-order chi connectivity index (χ0) is 16.5. The zero-order valence-corrected chi connectivity index (χ0v) is 14.8. The second-order valence-electron chi connectivity index (χ2n) is 5.76. The summed E-state index contributed by atoms with van der Waals surface area (Å²) in [6, 6.07) is 14.4. The smallest absolute Gasteiger partial charge is 0.249 e. The summed E-state index contributed by atoms with van der Waals surface area (Å²) >= 11 is 3.51. The Kier molecular flexibility index (Phi) is 3.90. The summed E-state index contributed by atoms with van der Waals surface area (Å²) < 4.78 is 1.08. The second-order valence-corrected chi connectivity index (χ2v) is 6.61. The van der Waals surface area contributed by atoms with Gasteiger partial charge in [0, 0.05) is 22.4 Å². The molecule has 120 valence electrons. The third-order valence-corrected chi connectivity index (χ3v) is 5.01. The fourth-order valence-electron chi connectivity index (χ4n) is 2.91. The van der Waals surface area contributed by atoms with E-state index in [4.69, 9.17) is 0 Å². The predicted octanol–water partition coefficient (Wildman–Crippen LogP) is 4.38. The van der Waals surface area contributed by atoms with Crippen molar-refractivity contribution in [2.45, 2.75) is 13.3 Å². The van der Waals surface area contributed by atoms with Crippen molar-refractivity contribution in [1.29, 1.82) is 0 Å². The topological polar surface area (TPSA) is 53.9 Å². The molecule has 0 saturated carbocycles. The van der Waals surface area contributed by atoms with Crippen molar-refractivity contribution in [3.63, 3.8) is 0 Å². The standard InChI is InChI=1S/C18H16BrN5/c1-12-10-14(6-7-15(12)19)21-18-22-17(11-20-23-18)24-9-8-13-4-2-3-5-16(13)24/h2-7,10-11H,8-9H2,1H3,(H,21,22,23). The maximum atomic E-state index is 4.63. The van der Waals surface area contributed by atoms with Gasteiger partial charge in [0.1, 0.15) is 0 Å². The molecule has 0 amide bonds. The van der Waals surface area contributed by atoms with Crippen molar-refractivity contribution in [2.24, 2.45) is 0 Å². The molecular formula is C18H16BrN5. The van der Waals surface area contributed by atoms with Crippen LogP contribution in [0.3, 0.4) is 0 Å². The Morgan fingerprint density at radius 1 is 1.17 bits per heavy atom. The maximum Gasteiger partial charge on any atom is 0.249 e. The van der Waals surface area contributed by atoms with E-state index in [0.29, 0.717) is 5.95 Å². The second kappa shape index (κ2) is 6.20. The minimum Gasteiger partial charge on any atom is -0.324 e. The van der Waals surface area contributed by atoms with Gasteiger partial charge in [0.15, 0.2) is 5.82 Å². The van der Waals surface area contributed by atoms with Gasteiger partial charge in [0.25, 0.3) is 0 Å². The summed E-state index contributed by atoms with van der Waals surface area (Å²) in [4.78, 5) is 6.81. The first-order valence-corrected chi connectivity index (χ1v) is 8.58. The molecule has 5 nitrogen and oxygen atoms in total. The summed E-state index contributed by atoms with van der Waals surface area (Å²) in [6.45, 7) is 2.96. The van der Waals surface area contributed by atoms with Crippen LogP contribution in [-0.4, -0.2) is 21.7 Å². The van der Waals surface area contributed by atoms with Gasteiger partial charge in [-0.3, -0.25) is 0 Å². The first-order chi connectivity index (χ1) is 11.7. The van der Waals surface area contributed by atoms with E-state index in [9.17, 15) is 0 Å².